The number of rotatable bonds is 9. The number of allylic oxidation sites excluding steroid dienone is 2. The van der Waals surface area contributed by atoms with E-state index in [0.717, 1.165) is 12.8 Å². The van der Waals surface area contributed by atoms with E-state index in [9.17, 15) is 9.59 Å². The molecule has 0 heterocycles. The van der Waals surface area contributed by atoms with Gasteiger partial charge in [0.2, 0.25) is 11.8 Å². The summed E-state index contributed by atoms with van der Waals surface area (Å²) in [6.07, 6.45) is 10.1. The minimum Gasteiger partial charge on any atom is -0.353 e. The molecule has 0 aliphatic carbocycles. The molecule has 0 aliphatic heterocycles. The van der Waals surface area contributed by atoms with Crippen molar-refractivity contribution in [2.45, 2.75) is 39.5 Å². The van der Waals surface area contributed by atoms with Crippen molar-refractivity contribution < 1.29 is 9.59 Å². The van der Waals surface area contributed by atoms with Crippen LogP contribution >= 0.6 is 0 Å². The first kappa shape index (κ1) is 16.4. The molecule has 0 rings (SSSR count). The fourth-order valence-electron chi connectivity index (χ4n) is 1.33. The minimum atomic E-state index is 0.0439. The summed E-state index contributed by atoms with van der Waals surface area (Å²) in [6.45, 7) is 5.00. The van der Waals surface area contributed by atoms with Gasteiger partial charge in [-0.05, 0) is 26.7 Å². The van der Waals surface area contributed by atoms with Gasteiger partial charge in [-0.2, -0.15) is 0 Å². The van der Waals surface area contributed by atoms with Crippen molar-refractivity contribution in [1.29, 1.82) is 0 Å². The average Bonchev–Trinajstić information content (AvgIpc) is 2.35. The van der Waals surface area contributed by atoms with Crippen LogP contribution < -0.4 is 10.6 Å². The molecule has 0 fully saturated rings. The van der Waals surface area contributed by atoms with Crippen molar-refractivity contribution in [2.75, 3.05) is 13.1 Å². The van der Waals surface area contributed by atoms with Crippen LogP contribution in [-0.4, -0.2) is 24.9 Å². The van der Waals surface area contributed by atoms with Gasteiger partial charge in [-0.25, -0.2) is 0 Å². The molecular formula is C14H24N2O2. The highest BCUT2D eigenvalue weighted by Crippen LogP contribution is 1.99. The zero-order valence-corrected chi connectivity index (χ0v) is 11.4. The molecule has 2 N–H and O–H groups in total. The molecule has 102 valence electrons. The minimum absolute atomic E-state index is 0.0439. The van der Waals surface area contributed by atoms with Crippen LogP contribution in [0.5, 0.6) is 0 Å². The Hall–Kier alpha value is -1.58. The topological polar surface area (TPSA) is 58.2 Å². The van der Waals surface area contributed by atoms with Crippen molar-refractivity contribution in [3.8, 4) is 0 Å². The fourth-order valence-corrected chi connectivity index (χ4v) is 1.33. The predicted octanol–water partition coefficient (Wildman–Crippen LogP) is 1.93. The van der Waals surface area contributed by atoms with E-state index >= 15 is 0 Å². The van der Waals surface area contributed by atoms with Gasteiger partial charge in [-0.1, -0.05) is 24.3 Å². The van der Waals surface area contributed by atoms with Gasteiger partial charge in [0.25, 0.3) is 0 Å². The smallest absolute Gasteiger partial charge is 0.220 e. The van der Waals surface area contributed by atoms with E-state index in [1.807, 2.05) is 38.2 Å². The molecular weight excluding hydrogens is 228 g/mol. The molecule has 0 bridgehead atoms. The summed E-state index contributed by atoms with van der Waals surface area (Å²) < 4.78 is 0. The molecule has 0 saturated carbocycles. The monoisotopic (exact) mass is 252 g/mol. The van der Waals surface area contributed by atoms with Crippen LogP contribution in [0.25, 0.3) is 0 Å². The highest BCUT2D eigenvalue weighted by atomic mass is 16.2. The van der Waals surface area contributed by atoms with Crippen molar-refractivity contribution in [2.24, 2.45) is 0 Å². The average molecular weight is 252 g/mol. The van der Waals surface area contributed by atoms with E-state index in [1.54, 1.807) is 0 Å². The third-order valence-electron chi connectivity index (χ3n) is 2.36. The first-order valence-corrected chi connectivity index (χ1v) is 6.46. The van der Waals surface area contributed by atoms with E-state index in [0.29, 0.717) is 25.9 Å². The Kier molecular flexibility index (Phi) is 10.8. The standard InChI is InChI=1S/C14H24N2O2/c1-3-5-11-15-13(17)9-7-8-10-14(18)16-12-6-4-2/h3-6H,7-12H2,1-2H3,(H,15,17)(H,16,18)/b5-3+,6-4+. The van der Waals surface area contributed by atoms with E-state index < -0.39 is 0 Å². The zero-order chi connectivity index (χ0) is 13.6. The lowest BCUT2D eigenvalue weighted by Gasteiger charge is -2.03. The summed E-state index contributed by atoms with van der Waals surface area (Å²) in [6, 6.07) is 0. The predicted molar refractivity (Wildman–Crippen MR) is 74.1 cm³/mol. The molecule has 4 nitrogen and oxygen atoms in total. The molecule has 0 aromatic rings. The highest BCUT2D eigenvalue weighted by Gasteiger charge is 2.02. The number of unbranched alkanes of at least 4 members (excludes halogenated alkanes) is 1. The van der Waals surface area contributed by atoms with Gasteiger partial charge in [0, 0.05) is 25.9 Å². The van der Waals surface area contributed by atoms with Gasteiger partial charge >= 0.3 is 0 Å². The molecule has 0 spiro atoms. The SMILES string of the molecule is C/C=C/CNC(=O)CCCCC(=O)NC/C=C/C. The van der Waals surface area contributed by atoms with Crippen molar-refractivity contribution in [3.63, 3.8) is 0 Å². The number of carbonyl (C=O) groups is 2. The largest absolute Gasteiger partial charge is 0.353 e. The summed E-state index contributed by atoms with van der Waals surface area (Å²) in [5.74, 6) is 0.0878. The van der Waals surface area contributed by atoms with E-state index in [-0.39, 0.29) is 11.8 Å². The normalized spacial score (nSPS) is 11.0. The Labute approximate surface area is 110 Å². The number of amides is 2. The van der Waals surface area contributed by atoms with Gasteiger partial charge in [0.1, 0.15) is 0 Å². The summed E-state index contributed by atoms with van der Waals surface area (Å²) >= 11 is 0. The molecule has 0 aromatic heterocycles. The van der Waals surface area contributed by atoms with Gasteiger partial charge < -0.3 is 10.6 Å². The zero-order valence-electron chi connectivity index (χ0n) is 11.4. The summed E-state index contributed by atoms with van der Waals surface area (Å²) in [4.78, 5) is 22.6. The van der Waals surface area contributed by atoms with Crippen LogP contribution in [0.2, 0.25) is 0 Å². The van der Waals surface area contributed by atoms with Gasteiger partial charge in [0.05, 0.1) is 0 Å². The van der Waals surface area contributed by atoms with E-state index in [2.05, 4.69) is 10.6 Å². The molecule has 0 atom stereocenters. The lowest BCUT2D eigenvalue weighted by Crippen LogP contribution is -2.24. The molecule has 4 heteroatoms. The molecule has 0 radical (unpaired) electrons. The Bertz CT molecular complexity index is 266. The number of nitrogens with one attached hydrogen (secondary N) is 2. The third kappa shape index (κ3) is 10.9. The number of carbonyl (C=O) groups excluding carboxylic acids is 2. The third-order valence-corrected chi connectivity index (χ3v) is 2.36. The van der Waals surface area contributed by atoms with Gasteiger partial charge in [-0.3, -0.25) is 9.59 Å². The first-order chi connectivity index (χ1) is 8.70. The maximum atomic E-state index is 11.3. The van der Waals surface area contributed by atoms with Crippen LogP contribution in [0.1, 0.15) is 39.5 Å². The molecule has 0 unspecified atom stereocenters. The van der Waals surface area contributed by atoms with Crippen molar-refractivity contribution in [3.05, 3.63) is 24.3 Å². The second-order valence-corrected chi connectivity index (χ2v) is 3.95. The first-order valence-electron chi connectivity index (χ1n) is 6.46. The highest BCUT2D eigenvalue weighted by molar-refractivity contribution is 5.77. The van der Waals surface area contributed by atoms with Crippen molar-refractivity contribution >= 4 is 11.8 Å². The van der Waals surface area contributed by atoms with Crippen molar-refractivity contribution in [1.82, 2.24) is 10.6 Å². The van der Waals surface area contributed by atoms with Crippen LogP contribution in [-0.2, 0) is 9.59 Å². The fraction of sp³-hybridized carbons (Fsp3) is 0.571. The van der Waals surface area contributed by atoms with Crippen LogP contribution in [0, 0.1) is 0 Å². The molecule has 0 saturated heterocycles. The lowest BCUT2D eigenvalue weighted by atomic mass is 10.2. The number of hydrogen-bond acceptors (Lipinski definition) is 2. The van der Waals surface area contributed by atoms with E-state index in [4.69, 9.17) is 0 Å². The van der Waals surface area contributed by atoms with Crippen LogP contribution in [0.3, 0.4) is 0 Å². The second kappa shape index (κ2) is 11.9. The lowest BCUT2D eigenvalue weighted by molar-refractivity contribution is -0.122. The molecule has 0 aliphatic rings. The Morgan fingerprint density at radius 1 is 0.833 bits per heavy atom. The second-order valence-electron chi connectivity index (χ2n) is 3.95. The maximum absolute atomic E-state index is 11.3. The van der Waals surface area contributed by atoms with Crippen LogP contribution in [0.4, 0.5) is 0 Å². The summed E-state index contributed by atoms with van der Waals surface area (Å²) in [5.41, 5.74) is 0. The summed E-state index contributed by atoms with van der Waals surface area (Å²) in [5, 5.41) is 5.56. The molecule has 2 amide bonds. The van der Waals surface area contributed by atoms with Gasteiger partial charge in [0.15, 0.2) is 0 Å². The Morgan fingerprint density at radius 3 is 1.56 bits per heavy atom. The van der Waals surface area contributed by atoms with E-state index in [1.165, 1.54) is 0 Å². The van der Waals surface area contributed by atoms with Crippen LogP contribution in [0.15, 0.2) is 24.3 Å². The van der Waals surface area contributed by atoms with Gasteiger partial charge in [-0.15, -0.1) is 0 Å². The molecule has 18 heavy (non-hydrogen) atoms. The quantitative estimate of drug-likeness (QED) is 0.486. The summed E-state index contributed by atoms with van der Waals surface area (Å²) in [7, 11) is 0. The Morgan fingerprint density at radius 2 is 1.22 bits per heavy atom. The molecule has 0 aromatic carbocycles. The Balaban J connectivity index is 3.43. The maximum Gasteiger partial charge on any atom is 0.220 e. The number of hydrogen-bond donors (Lipinski definition) is 2.